The molecule has 0 aromatic heterocycles. The summed E-state index contributed by atoms with van der Waals surface area (Å²) in [5.41, 5.74) is 0. The van der Waals surface area contributed by atoms with E-state index in [0.717, 1.165) is 11.8 Å². The Balaban J connectivity index is 3.76. The van der Waals surface area contributed by atoms with Crippen LogP contribution in [0, 0.1) is 0 Å². The van der Waals surface area contributed by atoms with Gasteiger partial charge in [-0.2, -0.15) is 0 Å². The highest BCUT2D eigenvalue weighted by Crippen LogP contribution is 2.19. The molecule has 0 bridgehead atoms. The van der Waals surface area contributed by atoms with E-state index in [4.69, 9.17) is 10.2 Å². The van der Waals surface area contributed by atoms with Crippen LogP contribution in [0.25, 0.3) is 0 Å². The highest BCUT2D eigenvalue weighted by Gasteiger charge is 2.17. The smallest absolute Gasteiger partial charge is 0.316 e. The molecule has 2 atom stereocenters. The van der Waals surface area contributed by atoms with Crippen LogP contribution < -0.4 is 0 Å². The molecule has 0 radical (unpaired) electrons. The molecule has 2 N–H and O–H groups in total. The Morgan fingerprint density at radius 1 is 1.33 bits per heavy atom. The maximum Gasteiger partial charge on any atom is 0.316 e. The van der Waals surface area contributed by atoms with Crippen LogP contribution in [-0.4, -0.2) is 32.7 Å². The number of carboxylic acid groups (broad SMARTS) is 2. The number of carbonyl (C=O) groups is 2. The van der Waals surface area contributed by atoms with E-state index in [0.29, 0.717) is 0 Å². The van der Waals surface area contributed by atoms with Gasteiger partial charge in [-0.05, 0) is 6.92 Å². The van der Waals surface area contributed by atoms with Crippen molar-refractivity contribution in [3.05, 3.63) is 0 Å². The van der Waals surface area contributed by atoms with Gasteiger partial charge in [-0.25, -0.2) is 0 Å². The van der Waals surface area contributed by atoms with Crippen molar-refractivity contribution >= 4 is 23.7 Å². The van der Waals surface area contributed by atoms with Gasteiger partial charge in [-0.3, -0.25) is 9.59 Å². The van der Waals surface area contributed by atoms with Crippen LogP contribution in [0.1, 0.15) is 20.3 Å². The predicted octanol–water partition coefficient (Wildman–Crippen LogP) is 1.06. The average Bonchev–Trinajstić information content (AvgIpc) is 1.84. The van der Waals surface area contributed by atoms with E-state index in [1.165, 1.54) is 0 Å². The van der Waals surface area contributed by atoms with Crippen LogP contribution in [0.15, 0.2) is 0 Å². The van der Waals surface area contributed by atoms with E-state index in [1.54, 1.807) is 13.8 Å². The Morgan fingerprint density at radius 2 is 1.83 bits per heavy atom. The topological polar surface area (TPSA) is 74.6 Å². The van der Waals surface area contributed by atoms with Crippen molar-refractivity contribution in [2.45, 2.75) is 30.8 Å². The fourth-order valence-electron chi connectivity index (χ4n) is 0.701. The van der Waals surface area contributed by atoms with Gasteiger partial charge in [-0.1, -0.05) is 6.92 Å². The number of hydrogen-bond donors (Lipinski definition) is 2. The van der Waals surface area contributed by atoms with Crippen LogP contribution in [0.3, 0.4) is 0 Å². The molecule has 0 saturated heterocycles. The summed E-state index contributed by atoms with van der Waals surface area (Å²) in [5, 5.41) is 16.2. The molecule has 0 aliphatic heterocycles. The van der Waals surface area contributed by atoms with Gasteiger partial charge in [0.15, 0.2) is 0 Å². The number of carboxylic acids is 2. The molecule has 0 saturated carbocycles. The molecule has 0 aliphatic rings. The van der Waals surface area contributed by atoms with E-state index in [9.17, 15) is 9.59 Å². The van der Waals surface area contributed by atoms with Crippen molar-refractivity contribution < 1.29 is 19.8 Å². The molecule has 0 aliphatic carbocycles. The maximum absolute atomic E-state index is 10.4. The van der Waals surface area contributed by atoms with Crippen molar-refractivity contribution in [2.75, 3.05) is 0 Å². The minimum Gasteiger partial charge on any atom is -0.481 e. The molecule has 0 fully saturated rings. The Hall–Kier alpha value is -0.710. The Labute approximate surface area is 75.0 Å². The normalized spacial score (nSPS) is 15.2. The molecule has 0 spiro atoms. The van der Waals surface area contributed by atoms with Crippen molar-refractivity contribution in [2.24, 2.45) is 0 Å². The summed E-state index contributed by atoms with van der Waals surface area (Å²) in [5.74, 6) is -1.80. The maximum atomic E-state index is 10.4. The lowest BCUT2D eigenvalue weighted by Gasteiger charge is -2.11. The summed E-state index contributed by atoms with van der Waals surface area (Å²) in [7, 11) is 0. The number of hydrogen-bond acceptors (Lipinski definition) is 3. The monoisotopic (exact) mass is 192 g/mol. The SMILES string of the molecule is CC(CC(=O)O)SC(C)C(=O)O. The van der Waals surface area contributed by atoms with Gasteiger partial charge in [-0.15, -0.1) is 11.8 Å². The van der Waals surface area contributed by atoms with Gasteiger partial charge in [0.05, 0.1) is 11.7 Å². The quantitative estimate of drug-likeness (QED) is 0.681. The van der Waals surface area contributed by atoms with E-state index in [1.807, 2.05) is 0 Å². The largest absolute Gasteiger partial charge is 0.481 e. The molecule has 70 valence electrons. The van der Waals surface area contributed by atoms with Gasteiger partial charge >= 0.3 is 11.9 Å². The van der Waals surface area contributed by atoms with Gasteiger partial charge in [0.25, 0.3) is 0 Å². The zero-order valence-corrected chi connectivity index (χ0v) is 7.80. The van der Waals surface area contributed by atoms with Gasteiger partial charge < -0.3 is 10.2 Å². The van der Waals surface area contributed by atoms with Crippen LogP contribution in [0.4, 0.5) is 0 Å². The van der Waals surface area contributed by atoms with Crippen LogP contribution in [0.5, 0.6) is 0 Å². The van der Waals surface area contributed by atoms with Crippen molar-refractivity contribution in [3.8, 4) is 0 Å². The molecule has 0 heterocycles. The molecule has 0 aromatic rings. The van der Waals surface area contributed by atoms with E-state index >= 15 is 0 Å². The second kappa shape index (κ2) is 5.03. The van der Waals surface area contributed by atoms with E-state index in [2.05, 4.69) is 0 Å². The fraction of sp³-hybridized carbons (Fsp3) is 0.714. The highest BCUT2D eigenvalue weighted by molar-refractivity contribution is 8.01. The average molecular weight is 192 g/mol. The van der Waals surface area contributed by atoms with E-state index < -0.39 is 17.2 Å². The van der Waals surface area contributed by atoms with Crippen molar-refractivity contribution in [1.82, 2.24) is 0 Å². The van der Waals surface area contributed by atoms with Crippen LogP contribution in [0.2, 0.25) is 0 Å². The standard InChI is InChI=1S/C7H12O4S/c1-4(3-6(8)9)12-5(2)7(10)11/h4-5H,3H2,1-2H3,(H,8,9)(H,10,11). The number of rotatable bonds is 5. The summed E-state index contributed by atoms with van der Waals surface area (Å²) >= 11 is 1.16. The number of aliphatic carboxylic acids is 2. The first kappa shape index (κ1) is 11.3. The zero-order chi connectivity index (χ0) is 9.72. The lowest BCUT2D eigenvalue weighted by atomic mass is 10.3. The second-order valence-electron chi connectivity index (χ2n) is 2.53. The molecule has 2 unspecified atom stereocenters. The van der Waals surface area contributed by atoms with Crippen LogP contribution in [-0.2, 0) is 9.59 Å². The summed E-state index contributed by atoms with van der Waals surface area (Å²) in [4.78, 5) is 20.6. The van der Waals surface area contributed by atoms with Crippen molar-refractivity contribution in [1.29, 1.82) is 0 Å². The first-order chi connectivity index (χ1) is 5.43. The van der Waals surface area contributed by atoms with Crippen molar-refractivity contribution in [3.63, 3.8) is 0 Å². The van der Waals surface area contributed by atoms with Gasteiger partial charge in [0.2, 0.25) is 0 Å². The third-order valence-corrected chi connectivity index (χ3v) is 2.49. The van der Waals surface area contributed by atoms with Gasteiger partial charge in [0, 0.05) is 5.25 Å². The van der Waals surface area contributed by atoms with Gasteiger partial charge in [0.1, 0.15) is 0 Å². The fourth-order valence-corrected chi connectivity index (χ4v) is 1.75. The molecular weight excluding hydrogens is 180 g/mol. The van der Waals surface area contributed by atoms with E-state index in [-0.39, 0.29) is 11.7 Å². The van der Waals surface area contributed by atoms with Crippen LogP contribution >= 0.6 is 11.8 Å². The second-order valence-corrected chi connectivity index (χ2v) is 4.31. The Morgan fingerprint density at radius 3 is 2.17 bits per heavy atom. The molecule has 5 heteroatoms. The minimum absolute atomic E-state index is 0.00227. The summed E-state index contributed by atoms with van der Waals surface area (Å²) in [6.45, 7) is 3.25. The predicted molar refractivity (Wildman–Crippen MR) is 46.4 cm³/mol. The summed E-state index contributed by atoms with van der Waals surface area (Å²) in [6, 6.07) is 0. The molecule has 4 nitrogen and oxygen atoms in total. The Bertz CT molecular complexity index is 180. The molecule has 12 heavy (non-hydrogen) atoms. The summed E-state index contributed by atoms with van der Waals surface area (Å²) < 4.78 is 0. The molecule has 0 aromatic carbocycles. The third kappa shape index (κ3) is 5.01. The first-order valence-corrected chi connectivity index (χ1v) is 4.47. The zero-order valence-electron chi connectivity index (χ0n) is 6.98. The third-order valence-electron chi connectivity index (χ3n) is 1.25. The first-order valence-electron chi connectivity index (χ1n) is 3.53. The minimum atomic E-state index is -0.905. The lowest BCUT2D eigenvalue weighted by molar-refractivity contribution is -0.137. The molecular formula is C7H12O4S. The molecule has 0 rings (SSSR count). The number of thioether (sulfide) groups is 1. The molecule has 0 amide bonds. The highest BCUT2D eigenvalue weighted by atomic mass is 32.2. The Kier molecular flexibility index (Phi) is 4.73. The summed E-state index contributed by atoms with van der Waals surface area (Å²) in [6.07, 6.45) is 0.00227. The lowest BCUT2D eigenvalue weighted by Crippen LogP contribution is -2.17.